The first-order valence-corrected chi connectivity index (χ1v) is 6.17. The second kappa shape index (κ2) is 5.76. The third-order valence-electron chi connectivity index (χ3n) is 2.13. The molecule has 0 atom stereocenters. The SMILES string of the molecule is O=C(O)Cc1ccc(Oc2ncncc2I)cc1. The highest BCUT2D eigenvalue weighted by Crippen LogP contribution is 2.23. The Morgan fingerprint density at radius 2 is 2.06 bits per heavy atom. The van der Waals surface area contributed by atoms with Gasteiger partial charge in [0.15, 0.2) is 0 Å². The quantitative estimate of drug-likeness (QED) is 0.853. The number of ether oxygens (including phenoxy) is 1. The van der Waals surface area contributed by atoms with Crippen LogP contribution in [0.1, 0.15) is 5.56 Å². The summed E-state index contributed by atoms with van der Waals surface area (Å²) in [5.74, 6) is 0.242. The summed E-state index contributed by atoms with van der Waals surface area (Å²) >= 11 is 2.08. The zero-order chi connectivity index (χ0) is 13.0. The summed E-state index contributed by atoms with van der Waals surface area (Å²) in [6, 6.07) is 6.88. The van der Waals surface area contributed by atoms with Crippen LogP contribution < -0.4 is 4.74 Å². The van der Waals surface area contributed by atoms with Crippen LogP contribution in [0.5, 0.6) is 11.6 Å². The molecule has 0 radical (unpaired) electrons. The van der Waals surface area contributed by atoms with Crippen LogP contribution in [0.3, 0.4) is 0 Å². The molecule has 0 bridgehead atoms. The fourth-order valence-corrected chi connectivity index (χ4v) is 1.75. The molecule has 6 heteroatoms. The number of carboxylic acid groups (broad SMARTS) is 1. The molecule has 0 aliphatic carbocycles. The minimum Gasteiger partial charge on any atom is -0.481 e. The van der Waals surface area contributed by atoms with E-state index >= 15 is 0 Å². The molecule has 2 rings (SSSR count). The number of carboxylic acids is 1. The smallest absolute Gasteiger partial charge is 0.307 e. The summed E-state index contributed by atoms with van der Waals surface area (Å²) in [5, 5.41) is 8.66. The van der Waals surface area contributed by atoms with Crippen molar-refractivity contribution in [2.45, 2.75) is 6.42 Å². The van der Waals surface area contributed by atoms with Crippen molar-refractivity contribution in [1.82, 2.24) is 9.97 Å². The summed E-state index contributed by atoms with van der Waals surface area (Å²) in [4.78, 5) is 18.4. The number of aliphatic carboxylic acids is 1. The van der Waals surface area contributed by atoms with E-state index in [1.165, 1.54) is 6.33 Å². The van der Waals surface area contributed by atoms with Crippen LogP contribution in [-0.2, 0) is 11.2 Å². The number of benzene rings is 1. The summed E-state index contributed by atoms with van der Waals surface area (Å²) in [6.07, 6.45) is 3.07. The second-order valence-electron chi connectivity index (χ2n) is 3.49. The van der Waals surface area contributed by atoms with Gasteiger partial charge in [-0.15, -0.1) is 0 Å². The van der Waals surface area contributed by atoms with Gasteiger partial charge in [-0.3, -0.25) is 4.79 Å². The van der Waals surface area contributed by atoms with Crippen LogP contribution in [0.25, 0.3) is 0 Å². The van der Waals surface area contributed by atoms with Crippen LogP contribution in [0, 0.1) is 3.57 Å². The molecular weight excluding hydrogens is 347 g/mol. The van der Waals surface area contributed by atoms with E-state index in [1.807, 2.05) is 0 Å². The van der Waals surface area contributed by atoms with E-state index in [-0.39, 0.29) is 6.42 Å². The Hall–Kier alpha value is -1.70. The first kappa shape index (κ1) is 12.7. The van der Waals surface area contributed by atoms with Gasteiger partial charge in [-0.05, 0) is 40.3 Å². The number of nitrogens with zero attached hydrogens (tertiary/aromatic N) is 2. The maximum atomic E-state index is 10.5. The third-order valence-corrected chi connectivity index (χ3v) is 2.87. The number of aromatic nitrogens is 2. The second-order valence-corrected chi connectivity index (χ2v) is 4.65. The van der Waals surface area contributed by atoms with Crippen molar-refractivity contribution in [2.75, 3.05) is 0 Å². The van der Waals surface area contributed by atoms with Gasteiger partial charge in [-0.2, -0.15) is 0 Å². The molecule has 0 amide bonds. The first-order chi connectivity index (χ1) is 8.65. The van der Waals surface area contributed by atoms with Gasteiger partial charge in [-0.25, -0.2) is 9.97 Å². The predicted octanol–water partition coefficient (Wildman–Crippen LogP) is 2.50. The zero-order valence-corrected chi connectivity index (χ0v) is 11.4. The molecule has 1 aromatic carbocycles. The van der Waals surface area contributed by atoms with Crippen molar-refractivity contribution >= 4 is 28.6 Å². The topological polar surface area (TPSA) is 72.3 Å². The average molecular weight is 356 g/mol. The van der Waals surface area contributed by atoms with Crippen LogP contribution >= 0.6 is 22.6 Å². The Morgan fingerprint density at radius 3 is 2.67 bits per heavy atom. The Balaban J connectivity index is 2.11. The number of rotatable bonds is 4. The Labute approximate surface area is 117 Å². The van der Waals surface area contributed by atoms with Crippen LogP contribution in [0.4, 0.5) is 0 Å². The van der Waals surface area contributed by atoms with Crippen molar-refractivity contribution < 1.29 is 14.6 Å². The highest BCUT2D eigenvalue weighted by atomic mass is 127. The molecule has 0 saturated carbocycles. The first-order valence-electron chi connectivity index (χ1n) is 5.09. The summed E-state index contributed by atoms with van der Waals surface area (Å²) in [7, 11) is 0. The molecule has 92 valence electrons. The van der Waals surface area contributed by atoms with Crippen molar-refractivity contribution in [3.05, 3.63) is 45.9 Å². The van der Waals surface area contributed by atoms with E-state index in [4.69, 9.17) is 9.84 Å². The van der Waals surface area contributed by atoms with Gasteiger partial charge in [0.05, 0.1) is 9.99 Å². The highest BCUT2D eigenvalue weighted by Gasteiger charge is 2.05. The lowest BCUT2D eigenvalue weighted by molar-refractivity contribution is -0.136. The van der Waals surface area contributed by atoms with Gasteiger partial charge in [0.2, 0.25) is 5.88 Å². The third kappa shape index (κ3) is 3.39. The maximum absolute atomic E-state index is 10.5. The average Bonchev–Trinajstić information content (AvgIpc) is 2.34. The van der Waals surface area contributed by atoms with E-state index < -0.39 is 5.97 Å². The number of hydrogen-bond donors (Lipinski definition) is 1. The van der Waals surface area contributed by atoms with Gasteiger partial charge < -0.3 is 9.84 Å². The zero-order valence-electron chi connectivity index (χ0n) is 9.21. The van der Waals surface area contributed by atoms with Crippen LogP contribution in [-0.4, -0.2) is 21.0 Å². The molecule has 2 aromatic rings. The van der Waals surface area contributed by atoms with Crippen molar-refractivity contribution in [3.8, 4) is 11.6 Å². The van der Waals surface area contributed by atoms with Gasteiger partial charge in [0, 0.05) is 6.20 Å². The molecule has 1 N–H and O–H groups in total. The maximum Gasteiger partial charge on any atom is 0.307 e. The minimum atomic E-state index is -0.853. The Morgan fingerprint density at radius 1 is 1.33 bits per heavy atom. The number of hydrogen-bond acceptors (Lipinski definition) is 4. The number of halogens is 1. The van der Waals surface area contributed by atoms with Crippen molar-refractivity contribution in [2.24, 2.45) is 0 Å². The van der Waals surface area contributed by atoms with Gasteiger partial charge in [0.1, 0.15) is 12.1 Å². The van der Waals surface area contributed by atoms with E-state index in [2.05, 4.69) is 32.6 Å². The standard InChI is InChI=1S/C12H9IN2O3/c13-10-6-14-7-15-12(10)18-9-3-1-8(2-4-9)5-11(16)17/h1-4,6-7H,5H2,(H,16,17). The van der Waals surface area contributed by atoms with E-state index in [0.29, 0.717) is 11.6 Å². The normalized spacial score (nSPS) is 10.1. The lowest BCUT2D eigenvalue weighted by Gasteiger charge is -2.06. The van der Waals surface area contributed by atoms with Crippen molar-refractivity contribution in [1.29, 1.82) is 0 Å². The molecule has 0 unspecified atom stereocenters. The lowest BCUT2D eigenvalue weighted by atomic mass is 10.1. The van der Waals surface area contributed by atoms with Crippen LogP contribution in [0.15, 0.2) is 36.8 Å². The molecule has 5 nitrogen and oxygen atoms in total. The predicted molar refractivity (Wildman–Crippen MR) is 72.6 cm³/mol. The van der Waals surface area contributed by atoms with Crippen molar-refractivity contribution in [3.63, 3.8) is 0 Å². The summed E-state index contributed by atoms with van der Waals surface area (Å²) < 4.78 is 6.37. The van der Waals surface area contributed by atoms with Gasteiger partial charge in [-0.1, -0.05) is 12.1 Å². The fourth-order valence-electron chi connectivity index (χ4n) is 1.34. The summed E-state index contributed by atoms with van der Waals surface area (Å²) in [5.41, 5.74) is 0.729. The fraction of sp³-hybridized carbons (Fsp3) is 0.0833. The minimum absolute atomic E-state index is 0.00528. The monoisotopic (exact) mass is 356 g/mol. The molecule has 1 aromatic heterocycles. The lowest BCUT2D eigenvalue weighted by Crippen LogP contribution is -1.99. The van der Waals surface area contributed by atoms with Gasteiger partial charge >= 0.3 is 5.97 Å². The van der Waals surface area contributed by atoms with Crippen LogP contribution in [0.2, 0.25) is 0 Å². The molecule has 0 fully saturated rings. The molecule has 0 aliphatic heterocycles. The molecule has 0 spiro atoms. The molecule has 1 heterocycles. The molecule has 18 heavy (non-hydrogen) atoms. The van der Waals surface area contributed by atoms with E-state index in [0.717, 1.165) is 9.13 Å². The Bertz CT molecular complexity index is 558. The largest absolute Gasteiger partial charge is 0.481 e. The molecule has 0 saturated heterocycles. The van der Waals surface area contributed by atoms with E-state index in [1.54, 1.807) is 30.5 Å². The molecular formula is C12H9IN2O3. The van der Waals surface area contributed by atoms with Gasteiger partial charge in [0.25, 0.3) is 0 Å². The summed E-state index contributed by atoms with van der Waals surface area (Å²) in [6.45, 7) is 0. The molecule has 0 aliphatic rings. The highest BCUT2D eigenvalue weighted by molar-refractivity contribution is 14.1. The number of carbonyl (C=O) groups is 1. The van der Waals surface area contributed by atoms with E-state index in [9.17, 15) is 4.79 Å². The Kier molecular flexibility index (Phi) is 4.08.